The molecule has 0 aliphatic rings. The largest absolute Gasteiger partial charge is 0.352 e. The van der Waals surface area contributed by atoms with Crippen molar-refractivity contribution < 1.29 is 4.79 Å². The molecule has 1 aromatic rings. The van der Waals surface area contributed by atoms with Crippen molar-refractivity contribution in [2.45, 2.75) is 12.8 Å². The fraction of sp³-hybridized carbons (Fsp3) is 0.364. The number of benzene rings is 1. The number of carbonyl (C=O) groups is 1. The Bertz CT molecular complexity index is 332. The molecular formula is C11H16Cl2N2O. The van der Waals surface area contributed by atoms with Crippen LogP contribution in [0.5, 0.6) is 0 Å². The number of nitrogens with two attached hydrogens (primary N) is 1. The highest BCUT2D eigenvalue weighted by Gasteiger charge is 2.07. The zero-order valence-corrected chi connectivity index (χ0v) is 10.5. The maximum Gasteiger partial charge on any atom is 0.252 e. The summed E-state index contributed by atoms with van der Waals surface area (Å²) < 4.78 is 0. The van der Waals surface area contributed by atoms with Crippen LogP contribution in [0.15, 0.2) is 24.3 Å². The second kappa shape index (κ2) is 8.39. The molecule has 1 rings (SSSR count). The summed E-state index contributed by atoms with van der Waals surface area (Å²) >= 11 is 5.88. The van der Waals surface area contributed by atoms with Gasteiger partial charge in [-0.15, -0.1) is 12.4 Å². The summed E-state index contributed by atoms with van der Waals surface area (Å²) in [5.41, 5.74) is 5.87. The third-order valence-corrected chi connectivity index (χ3v) is 2.36. The van der Waals surface area contributed by atoms with Crippen LogP contribution in [0.25, 0.3) is 0 Å². The van der Waals surface area contributed by atoms with Gasteiger partial charge >= 0.3 is 0 Å². The minimum atomic E-state index is -0.127. The van der Waals surface area contributed by atoms with E-state index in [4.69, 9.17) is 17.3 Å². The summed E-state index contributed by atoms with van der Waals surface area (Å²) in [5, 5.41) is 3.28. The molecule has 0 bridgehead atoms. The molecule has 1 aromatic carbocycles. The molecule has 0 atom stereocenters. The molecule has 1 amide bonds. The van der Waals surface area contributed by atoms with Gasteiger partial charge in [-0.1, -0.05) is 23.7 Å². The molecule has 0 saturated carbocycles. The van der Waals surface area contributed by atoms with E-state index in [-0.39, 0.29) is 18.3 Å². The summed E-state index contributed by atoms with van der Waals surface area (Å²) in [6.07, 6.45) is 1.81. The van der Waals surface area contributed by atoms with Crippen LogP contribution < -0.4 is 11.1 Å². The molecule has 0 unspecified atom stereocenters. The maximum atomic E-state index is 11.6. The van der Waals surface area contributed by atoms with Crippen molar-refractivity contribution in [3.05, 3.63) is 34.9 Å². The van der Waals surface area contributed by atoms with Crippen LogP contribution in [-0.4, -0.2) is 19.0 Å². The van der Waals surface area contributed by atoms with Gasteiger partial charge in [0.25, 0.3) is 5.91 Å². The van der Waals surface area contributed by atoms with Gasteiger partial charge in [0.1, 0.15) is 0 Å². The number of amides is 1. The van der Waals surface area contributed by atoms with E-state index in [0.29, 0.717) is 23.7 Å². The summed E-state index contributed by atoms with van der Waals surface area (Å²) in [5.74, 6) is -0.127. The predicted octanol–water partition coefficient (Wildman–Crippen LogP) is 2.23. The average molecular weight is 263 g/mol. The van der Waals surface area contributed by atoms with Gasteiger partial charge < -0.3 is 11.1 Å². The topological polar surface area (TPSA) is 55.1 Å². The van der Waals surface area contributed by atoms with Crippen molar-refractivity contribution in [1.82, 2.24) is 5.32 Å². The van der Waals surface area contributed by atoms with Crippen LogP contribution in [0.4, 0.5) is 0 Å². The average Bonchev–Trinajstić information content (AvgIpc) is 2.25. The van der Waals surface area contributed by atoms with Gasteiger partial charge in [0.05, 0.1) is 10.6 Å². The number of halogens is 2. The Balaban J connectivity index is 0.00000225. The van der Waals surface area contributed by atoms with E-state index >= 15 is 0 Å². The molecule has 90 valence electrons. The Labute approximate surface area is 107 Å². The molecule has 3 nitrogen and oxygen atoms in total. The lowest BCUT2D eigenvalue weighted by atomic mass is 10.2. The third kappa shape index (κ3) is 4.84. The fourth-order valence-corrected chi connectivity index (χ4v) is 1.43. The Morgan fingerprint density at radius 2 is 2.00 bits per heavy atom. The number of hydrogen-bond donors (Lipinski definition) is 2. The van der Waals surface area contributed by atoms with Crippen LogP contribution >= 0.6 is 24.0 Å². The molecular weight excluding hydrogens is 247 g/mol. The van der Waals surface area contributed by atoms with Crippen LogP contribution in [0.1, 0.15) is 23.2 Å². The van der Waals surface area contributed by atoms with E-state index in [0.717, 1.165) is 12.8 Å². The fourth-order valence-electron chi connectivity index (χ4n) is 1.21. The second-order valence-corrected chi connectivity index (χ2v) is 3.64. The lowest BCUT2D eigenvalue weighted by Crippen LogP contribution is -2.25. The van der Waals surface area contributed by atoms with Gasteiger partial charge in [0, 0.05) is 6.54 Å². The van der Waals surface area contributed by atoms with Crippen molar-refractivity contribution in [3.8, 4) is 0 Å². The minimum Gasteiger partial charge on any atom is -0.352 e. The van der Waals surface area contributed by atoms with Crippen LogP contribution in [0, 0.1) is 0 Å². The van der Waals surface area contributed by atoms with Gasteiger partial charge in [0.15, 0.2) is 0 Å². The maximum absolute atomic E-state index is 11.6. The van der Waals surface area contributed by atoms with Gasteiger partial charge in [0.2, 0.25) is 0 Å². The zero-order chi connectivity index (χ0) is 11.1. The van der Waals surface area contributed by atoms with Crippen molar-refractivity contribution in [1.29, 1.82) is 0 Å². The van der Waals surface area contributed by atoms with Crippen molar-refractivity contribution in [2.75, 3.05) is 13.1 Å². The first-order chi connectivity index (χ1) is 7.25. The molecule has 0 radical (unpaired) electrons. The van der Waals surface area contributed by atoms with E-state index in [1.807, 2.05) is 0 Å². The second-order valence-electron chi connectivity index (χ2n) is 3.23. The van der Waals surface area contributed by atoms with Crippen LogP contribution in [0.2, 0.25) is 5.02 Å². The lowest BCUT2D eigenvalue weighted by Gasteiger charge is -2.05. The Morgan fingerprint density at radius 3 is 2.62 bits per heavy atom. The number of unbranched alkanes of at least 4 members (excludes halogenated alkanes) is 1. The first-order valence-electron chi connectivity index (χ1n) is 4.98. The number of nitrogens with one attached hydrogen (secondary N) is 1. The molecule has 5 heteroatoms. The molecule has 0 fully saturated rings. The van der Waals surface area contributed by atoms with Crippen LogP contribution in [-0.2, 0) is 0 Å². The summed E-state index contributed by atoms with van der Waals surface area (Å²) in [4.78, 5) is 11.6. The minimum absolute atomic E-state index is 0. The van der Waals surface area contributed by atoms with E-state index < -0.39 is 0 Å². The summed E-state index contributed by atoms with van der Waals surface area (Å²) in [6, 6.07) is 7.01. The predicted molar refractivity (Wildman–Crippen MR) is 69.3 cm³/mol. The molecule has 0 aliphatic heterocycles. The highest BCUT2D eigenvalue weighted by Crippen LogP contribution is 2.14. The van der Waals surface area contributed by atoms with E-state index in [1.165, 1.54) is 0 Å². The summed E-state index contributed by atoms with van der Waals surface area (Å²) in [7, 11) is 0. The molecule has 0 spiro atoms. The number of hydrogen-bond acceptors (Lipinski definition) is 2. The normalized spacial score (nSPS) is 9.38. The first-order valence-corrected chi connectivity index (χ1v) is 5.36. The Hall–Kier alpha value is -0.770. The van der Waals surface area contributed by atoms with Crippen molar-refractivity contribution in [2.24, 2.45) is 5.73 Å². The highest BCUT2D eigenvalue weighted by molar-refractivity contribution is 6.33. The summed E-state index contributed by atoms with van der Waals surface area (Å²) in [6.45, 7) is 1.29. The molecule has 16 heavy (non-hydrogen) atoms. The lowest BCUT2D eigenvalue weighted by molar-refractivity contribution is 0.0953. The van der Waals surface area contributed by atoms with Crippen LogP contribution in [0.3, 0.4) is 0 Å². The SMILES string of the molecule is Cl.NCCCCNC(=O)c1ccccc1Cl. The quantitative estimate of drug-likeness (QED) is 0.800. The molecule has 0 heterocycles. The van der Waals surface area contributed by atoms with E-state index in [9.17, 15) is 4.79 Å². The monoisotopic (exact) mass is 262 g/mol. The standard InChI is InChI=1S/C11H15ClN2O.ClH/c12-10-6-2-1-5-9(10)11(15)14-8-4-3-7-13;/h1-2,5-6H,3-4,7-8,13H2,(H,14,15);1H. The van der Waals surface area contributed by atoms with Crippen molar-refractivity contribution in [3.63, 3.8) is 0 Å². The van der Waals surface area contributed by atoms with Crippen molar-refractivity contribution >= 4 is 29.9 Å². The molecule has 0 saturated heterocycles. The molecule has 0 aliphatic carbocycles. The van der Waals surface area contributed by atoms with Gasteiger partial charge in [-0.3, -0.25) is 4.79 Å². The zero-order valence-electron chi connectivity index (χ0n) is 8.91. The molecule has 3 N–H and O–H groups in total. The number of carbonyl (C=O) groups excluding carboxylic acids is 1. The third-order valence-electron chi connectivity index (χ3n) is 2.03. The van der Waals surface area contributed by atoms with Gasteiger partial charge in [-0.2, -0.15) is 0 Å². The van der Waals surface area contributed by atoms with Gasteiger partial charge in [-0.05, 0) is 31.5 Å². The van der Waals surface area contributed by atoms with E-state index in [1.54, 1.807) is 24.3 Å². The van der Waals surface area contributed by atoms with Gasteiger partial charge in [-0.25, -0.2) is 0 Å². The Morgan fingerprint density at radius 1 is 1.31 bits per heavy atom. The first kappa shape index (κ1) is 15.2. The molecule has 0 aromatic heterocycles. The Kier molecular flexibility index (Phi) is 7.99. The smallest absolute Gasteiger partial charge is 0.252 e. The number of rotatable bonds is 5. The van der Waals surface area contributed by atoms with E-state index in [2.05, 4.69) is 5.32 Å². The highest BCUT2D eigenvalue weighted by atomic mass is 35.5.